The Balaban J connectivity index is 1.59. The van der Waals surface area contributed by atoms with Crippen molar-refractivity contribution in [3.63, 3.8) is 0 Å². The third-order valence-corrected chi connectivity index (χ3v) is 7.34. The first-order chi connectivity index (χ1) is 15.5. The second-order valence-corrected chi connectivity index (χ2v) is 9.48. The number of hydrogen-bond acceptors (Lipinski definition) is 5. The Bertz CT molecular complexity index is 1330. The van der Waals surface area contributed by atoms with Crippen molar-refractivity contribution in [3.8, 4) is 17.2 Å². The molecular formula is C24H23FN6S. The summed E-state index contributed by atoms with van der Waals surface area (Å²) < 4.78 is 18.2. The fourth-order valence-electron chi connectivity index (χ4n) is 4.50. The maximum absolute atomic E-state index is 14.3. The molecule has 1 fully saturated rings. The maximum atomic E-state index is 14.3. The van der Waals surface area contributed by atoms with Crippen LogP contribution in [-0.2, 0) is 0 Å². The molecule has 0 unspecified atom stereocenters. The number of rotatable bonds is 4. The molecule has 162 valence electrons. The van der Waals surface area contributed by atoms with Gasteiger partial charge in [0.2, 0.25) is 0 Å². The predicted octanol–water partition coefficient (Wildman–Crippen LogP) is 5.81. The van der Waals surface area contributed by atoms with E-state index in [0.29, 0.717) is 17.1 Å². The summed E-state index contributed by atoms with van der Waals surface area (Å²) in [5, 5.41) is 18.9. The predicted molar refractivity (Wildman–Crippen MR) is 121 cm³/mol. The van der Waals surface area contributed by atoms with Crippen LogP contribution in [-0.4, -0.2) is 24.4 Å². The van der Waals surface area contributed by atoms with Crippen molar-refractivity contribution in [2.75, 3.05) is 0 Å². The molecule has 0 N–H and O–H groups in total. The van der Waals surface area contributed by atoms with Crippen LogP contribution in [0.3, 0.4) is 0 Å². The Labute approximate surface area is 190 Å². The Morgan fingerprint density at radius 2 is 2.00 bits per heavy atom. The molecule has 0 aliphatic heterocycles. The van der Waals surface area contributed by atoms with Gasteiger partial charge in [-0.15, -0.1) is 0 Å². The van der Waals surface area contributed by atoms with E-state index in [1.54, 1.807) is 16.8 Å². The lowest BCUT2D eigenvalue weighted by Crippen LogP contribution is -2.18. The first-order valence-electron chi connectivity index (χ1n) is 10.8. The second kappa shape index (κ2) is 8.40. The van der Waals surface area contributed by atoms with Gasteiger partial charge < -0.3 is 0 Å². The summed E-state index contributed by atoms with van der Waals surface area (Å²) in [5.41, 5.74) is 4.15. The lowest BCUT2D eigenvalue weighted by Gasteiger charge is -2.27. The molecule has 0 atom stereocenters. The summed E-state index contributed by atoms with van der Waals surface area (Å²) in [6.45, 7) is 4.41. The molecule has 4 heterocycles. The summed E-state index contributed by atoms with van der Waals surface area (Å²) in [7, 11) is 0. The molecule has 1 saturated carbocycles. The van der Waals surface area contributed by atoms with Crippen LogP contribution in [0.25, 0.3) is 16.6 Å². The zero-order valence-corrected chi connectivity index (χ0v) is 18.8. The van der Waals surface area contributed by atoms with E-state index in [2.05, 4.69) is 34.7 Å². The molecule has 1 aliphatic carbocycles. The third-order valence-electron chi connectivity index (χ3n) is 6.32. The number of halogens is 1. The topological polar surface area (TPSA) is 71.8 Å². The molecule has 5 rings (SSSR count). The van der Waals surface area contributed by atoms with Crippen molar-refractivity contribution in [3.05, 3.63) is 60.1 Å². The van der Waals surface area contributed by atoms with Gasteiger partial charge in [-0.2, -0.15) is 15.5 Å². The quantitative estimate of drug-likeness (QED) is 0.395. The van der Waals surface area contributed by atoms with Crippen molar-refractivity contribution in [2.24, 2.45) is 5.92 Å². The van der Waals surface area contributed by atoms with Gasteiger partial charge in [-0.3, -0.25) is 4.68 Å². The van der Waals surface area contributed by atoms with E-state index in [1.807, 2.05) is 18.5 Å². The Hall–Kier alpha value is -3.18. The molecule has 0 amide bonds. The number of nitriles is 1. The summed E-state index contributed by atoms with van der Waals surface area (Å²) >= 11 is 1.20. The molecule has 4 aromatic heterocycles. The van der Waals surface area contributed by atoms with Crippen molar-refractivity contribution in [1.29, 1.82) is 5.26 Å². The molecular weight excluding hydrogens is 423 g/mol. The van der Waals surface area contributed by atoms with Crippen LogP contribution in [0.5, 0.6) is 0 Å². The highest BCUT2D eigenvalue weighted by Gasteiger charge is 2.23. The molecule has 0 spiro atoms. The van der Waals surface area contributed by atoms with Gasteiger partial charge in [-0.05, 0) is 56.7 Å². The lowest BCUT2D eigenvalue weighted by molar-refractivity contribution is 0.271. The minimum absolute atomic E-state index is 0.264. The monoisotopic (exact) mass is 446 g/mol. The molecule has 32 heavy (non-hydrogen) atoms. The average molecular weight is 447 g/mol. The minimum atomic E-state index is -0.394. The van der Waals surface area contributed by atoms with Crippen LogP contribution in [0.15, 0.2) is 52.9 Å². The van der Waals surface area contributed by atoms with Gasteiger partial charge in [-0.25, -0.2) is 13.9 Å². The summed E-state index contributed by atoms with van der Waals surface area (Å²) in [6, 6.07) is 7.54. The zero-order valence-electron chi connectivity index (χ0n) is 18.0. The van der Waals surface area contributed by atoms with Crippen molar-refractivity contribution in [1.82, 2.24) is 24.4 Å². The van der Waals surface area contributed by atoms with E-state index in [-0.39, 0.29) is 5.03 Å². The largest absolute Gasteiger partial charge is 0.266 e. The van der Waals surface area contributed by atoms with Gasteiger partial charge in [0.1, 0.15) is 11.1 Å². The summed E-state index contributed by atoms with van der Waals surface area (Å²) in [4.78, 5) is 4.90. The first-order valence-corrected chi connectivity index (χ1v) is 11.6. The van der Waals surface area contributed by atoms with E-state index in [1.165, 1.54) is 36.9 Å². The molecule has 1 aliphatic rings. The third kappa shape index (κ3) is 3.67. The average Bonchev–Trinajstić information content (AvgIpc) is 3.39. The van der Waals surface area contributed by atoms with Gasteiger partial charge in [0, 0.05) is 34.1 Å². The standard InChI is InChI=1S/C24H23FN6S/c1-15-5-7-19(8-6-15)31-16(2)20(13-29-31)17-10-22(32-24-21(25)4-3-9-27-24)23-18(11-26)12-28-30(23)14-17/h3-4,9-10,12-15,19H,5-8H2,1-2H3/t15-,19-. The molecule has 4 aromatic rings. The van der Waals surface area contributed by atoms with Crippen LogP contribution >= 0.6 is 11.8 Å². The van der Waals surface area contributed by atoms with Crippen LogP contribution < -0.4 is 0 Å². The van der Waals surface area contributed by atoms with Gasteiger partial charge in [-0.1, -0.05) is 18.7 Å². The highest BCUT2D eigenvalue weighted by molar-refractivity contribution is 7.99. The molecule has 0 saturated heterocycles. The maximum Gasteiger partial charge on any atom is 0.155 e. The highest BCUT2D eigenvalue weighted by Crippen LogP contribution is 2.38. The Morgan fingerprint density at radius 1 is 1.19 bits per heavy atom. The van der Waals surface area contributed by atoms with Crippen LogP contribution in [0.4, 0.5) is 4.39 Å². The molecule has 0 aromatic carbocycles. The van der Waals surface area contributed by atoms with Crippen LogP contribution in [0, 0.1) is 30.0 Å². The fraction of sp³-hybridized carbons (Fsp3) is 0.333. The molecule has 6 nitrogen and oxygen atoms in total. The normalized spacial score (nSPS) is 18.7. The Kier molecular flexibility index (Phi) is 5.43. The number of fused-ring (bicyclic) bond motifs is 1. The number of nitrogens with zero attached hydrogens (tertiary/aromatic N) is 6. The summed E-state index contributed by atoms with van der Waals surface area (Å²) in [5.74, 6) is 0.388. The number of aromatic nitrogens is 5. The van der Waals surface area contributed by atoms with E-state index < -0.39 is 5.82 Å². The first kappa shape index (κ1) is 20.7. The zero-order chi connectivity index (χ0) is 22.2. The lowest BCUT2D eigenvalue weighted by atomic mass is 9.87. The van der Waals surface area contributed by atoms with Crippen LogP contribution in [0.2, 0.25) is 0 Å². The van der Waals surface area contributed by atoms with Crippen molar-refractivity contribution < 1.29 is 4.39 Å². The minimum Gasteiger partial charge on any atom is -0.266 e. The second-order valence-electron chi connectivity index (χ2n) is 8.45. The summed E-state index contributed by atoms with van der Waals surface area (Å²) in [6.07, 6.45) is 11.7. The van der Waals surface area contributed by atoms with Gasteiger partial charge in [0.15, 0.2) is 5.82 Å². The highest BCUT2D eigenvalue weighted by atomic mass is 32.2. The number of pyridine rings is 2. The van der Waals surface area contributed by atoms with Gasteiger partial charge in [0.25, 0.3) is 0 Å². The molecule has 0 bridgehead atoms. The molecule has 0 radical (unpaired) electrons. The smallest absolute Gasteiger partial charge is 0.155 e. The van der Waals surface area contributed by atoms with Crippen molar-refractivity contribution in [2.45, 2.75) is 55.5 Å². The van der Waals surface area contributed by atoms with E-state index in [4.69, 9.17) is 5.10 Å². The SMILES string of the molecule is Cc1c(-c2cc(Sc3ncccc3F)c3c(C#N)cnn3c2)cnn1[C@H]1CC[C@H](C)CC1. The Morgan fingerprint density at radius 3 is 2.75 bits per heavy atom. The van der Waals surface area contributed by atoms with Gasteiger partial charge in [0.05, 0.1) is 29.5 Å². The van der Waals surface area contributed by atoms with Crippen molar-refractivity contribution >= 4 is 17.3 Å². The fourth-order valence-corrected chi connectivity index (χ4v) is 5.48. The van der Waals surface area contributed by atoms with Crippen LogP contribution in [0.1, 0.15) is 49.9 Å². The number of hydrogen-bond donors (Lipinski definition) is 0. The van der Waals surface area contributed by atoms with E-state index in [0.717, 1.165) is 40.5 Å². The van der Waals surface area contributed by atoms with Gasteiger partial charge >= 0.3 is 0 Å². The molecule has 8 heteroatoms. The van der Waals surface area contributed by atoms with E-state index in [9.17, 15) is 9.65 Å². The van der Waals surface area contributed by atoms with E-state index >= 15 is 0 Å².